The van der Waals surface area contributed by atoms with Crippen LogP contribution in [0.25, 0.3) is 28.2 Å². The Morgan fingerprint density at radius 3 is 2.45 bits per heavy atom. The van der Waals surface area contributed by atoms with Crippen LogP contribution in [0.5, 0.6) is 0 Å². The second kappa shape index (κ2) is 7.16. The summed E-state index contributed by atoms with van der Waals surface area (Å²) in [6, 6.07) is 13.8. The molecule has 3 aromatic heterocycles. The van der Waals surface area contributed by atoms with Crippen molar-refractivity contribution in [2.75, 3.05) is 13.1 Å². The van der Waals surface area contributed by atoms with Gasteiger partial charge in [0.15, 0.2) is 0 Å². The van der Waals surface area contributed by atoms with E-state index in [1.807, 2.05) is 51.9 Å². The van der Waals surface area contributed by atoms with Gasteiger partial charge in [-0.05, 0) is 43.5 Å². The van der Waals surface area contributed by atoms with Crippen LogP contribution in [0.15, 0.2) is 53.1 Å². The molecule has 5 rings (SSSR count). The summed E-state index contributed by atoms with van der Waals surface area (Å²) in [6.45, 7) is 3.42. The summed E-state index contributed by atoms with van der Waals surface area (Å²) in [5.74, 6) is 1.11. The molecule has 1 saturated heterocycles. The maximum Gasteiger partial charge on any atom is 0.257 e. The molecule has 1 fully saturated rings. The van der Waals surface area contributed by atoms with Crippen molar-refractivity contribution in [2.24, 2.45) is 0 Å². The molecule has 0 radical (unpaired) electrons. The monoisotopic (exact) mass is 387 g/mol. The first kappa shape index (κ1) is 17.6. The third kappa shape index (κ3) is 3.18. The van der Waals surface area contributed by atoms with Crippen LogP contribution in [0.4, 0.5) is 0 Å². The lowest BCUT2D eigenvalue weighted by atomic mass is 10.1. The highest BCUT2D eigenvalue weighted by Gasteiger charge is 2.22. The summed E-state index contributed by atoms with van der Waals surface area (Å²) < 4.78 is 7.33. The number of hydrogen-bond donors (Lipinski definition) is 0. The van der Waals surface area contributed by atoms with Crippen molar-refractivity contribution in [3.05, 3.63) is 60.1 Å². The van der Waals surface area contributed by atoms with Gasteiger partial charge in [0.25, 0.3) is 5.91 Å². The Bertz CT molecular complexity index is 1170. The van der Waals surface area contributed by atoms with Crippen molar-refractivity contribution < 1.29 is 9.21 Å². The summed E-state index contributed by atoms with van der Waals surface area (Å²) in [5, 5.41) is 12.5. The van der Waals surface area contributed by atoms with E-state index in [1.165, 1.54) is 6.42 Å². The molecule has 0 aliphatic carbocycles. The summed E-state index contributed by atoms with van der Waals surface area (Å²) in [5.41, 5.74) is 4.27. The minimum atomic E-state index is 0.0685. The lowest BCUT2D eigenvalue weighted by Crippen LogP contribution is -2.35. The number of carbonyl (C=O) groups excluding carboxylic acids is 1. The number of carbonyl (C=O) groups is 1. The maximum atomic E-state index is 13.0. The Morgan fingerprint density at radius 1 is 0.966 bits per heavy atom. The fourth-order valence-corrected chi connectivity index (χ4v) is 3.86. The molecule has 1 amide bonds. The highest BCUT2D eigenvalue weighted by atomic mass is 16.4. The van der Waals surface area contributed by atoms with Crippen LogP contribution in [0.3, 0.4) is 0 Å². The first-order valence-electron chi connectivity index (χ1n) is 9.88. The maximum absolute atomic E-state index is 13.0. The van der Waals surface area contributed by atoms with Gasteiger partial charge in [-0.3, -0.25) is 4.79 Å². The Labute approximate surface area is 168 Å². The number of nitrogens with zero attached hydrogens (tertiary/aromatic N) is 5. The molecular formula is C22H21N5O2. The Balaban J connectivity index is 1.49. The van der Waals surface area contributed by atoms with Crippen LogP contribution in [-0.4, -0.2) is 43.7 Å². The molecule has 4 aromatic rings. The Kier molecular flexibility index (Phi) is 4.35. The van der Waals surface area contributed by atoms with E-state index in [0.29, 0.717) is 17.3 Å². The molecule has 1 aliphatic rings. The minimum absolute atomic E-state index is 0.0685. The normalized spacial score (nSPS) is 14.4. The van der Waals surface area contributed by atoms with Gasteiger partial charge >= 0.3 is 0 Å². The fraction of sp³-hybridized carbons (Fsp3) is 0.273. The van der Waals surface area contributed by atoms with E-state index in [1.54, 1.807) is 13.1 Å². The van der Waals surface area contributed by atoms with Crippen molar-refractivity contribution in [3.63, 3.8) is 0 Å². The van der Waals surface area contributed by atoms with Gasteiger partial charge < -0.3 is 9.32 Å². The van der Waals surface area contributed by atoms with Crippen LogP contribution in [-0.2, 0) is 0 Å². The van der Waals surface area contributed by atoms with E-state index in [4.69, 9.17) is 4.42 Å². The summed E-state index contributed by atoms with van der Waals surface area (Å²) in [7, 11) is 0. The van der Waals surface area contributed by atoms with Crippen molar-refractivity contribution in [1.29, 1.82) is 0 Å². The van der Waals surface area contributed by atoms with E-state index in [-0.39, 0.29) is 5.91 Å². The highest BCUT2D eigenvalue weighted by molar-refractivity contribution is 6.01. The molecule has 4 heterocycles. The van der Waals surface area contributed by atoms with E-state index in [0.717, 1.165) is 48.3 Å². The first-order valence-corrected chi connectivity index (χ1v) is 9.88. The standard InChI is InChI=1S/C22H21N5O2/c1-15-24-25-21(29-15)17-10-8-16(9-11-17)19-6-5-7-20-18(14-23-27(19)20)22(28)26-12-3-2-4-13-26/h5-11,14H,2-4,12-13H2,1H3. The lowest BCUT2D eigenvalue weighted by molar-refractivity contribution is 0.0726. The SMILES string of the molecule is Cc1nnc(-c2ccc(-c3cccc4c(C(=O)N5CCCCC5)cnn34)cc2)o1. The molecule has 1 aromatic carbocycles. The number of aryl methyl sites for hydroxylation is 1. The second-order valence-corrected chi connectivity index (χ2v) is 7.32. The van der Waals surface area contributed by atoms with Gasteiger partial charge in [0, 0.05) is 31.1 Å². The third-order valence-corrected chi connectivity index (χ3v) is 5.37. The first-order chi connectivity index (χ1) is 14.2. The van der Waals surface area contributed by atoms with E-state index >= 15 is 0 Å². The van der Waals surface area contributed by atoms with E-state index in [9.17, 15) is 4.79 Å². The molecule has 0 saturated carbocycles. The van der Waals surface area contributed by atoms with Crippen molar-refractivity contribution >= 4 is 11.4 Å². The molecule has 0 N–H and O–H groups in total. The highest BCUT2D eigenvalue weighted by Crippen LogP contribution is 2.26. The van der Waals surface area contributed by atoms with Gasteiger partial charge in [-0.15, -0.1) is 10.2 Å². The van der Waals surface area contributed by atoms with E-state index < -0.39 is 0 Å². The quantitative estimate of drug-likeness (QED) is 0.531. The third-order valence-electron chi connectivity index (χ3n) is 5.37. The molecule has 1 aliphatic heterocycles. The smallest absolute Gasteiger partial charge is 0.257 e. The molecule has 7 heteroatoms. The van der Waals surface area contributed by atoms with Gasteiger partial charge in [0.05, 0.1) is 23.0 Å². The number of amides is 1. The molecule has 0 atom stereocenters. The van der Waals surface area contributed by atoms with Gasteiger partial charge in [-0.25, -0.2) is 4.52 Å². The topological polar surface area (TPSA) is 76.5 Å². The molecule has 29 heavy (non-hydrogen) atoms. The molecule has 0 unspecified atom stereocenters. The largest absolute Gasteiger partial charge is 0.421 e. The summed E-state index contributed by atoms with van der Waals surface area (Å²) in [4.78, 5) is 14.9. The number of rotatable bonds is 3. The number of aromatic nitrogens is 4. The Hall–Kier alpha value is -3.48. The summed E-state index contributed by atoms with van der Waals surface area (Å²) >= 11 is 0. The number of hydrogen-bond acceptors (Lipinski definition) is 5. The van der Waals surface area contributed by atoms with Crippen LogP contribution in [0, 0.1) is 6.92 Å². The van der Waals surface area contributed by atoms with Crippen LogP contribution in [0.2, 0.25) is 0 Å². The Morgan fingerprint density at radius 2 is 1.72 bits per heavy atom. The zero-order valence-electron chi connectivity index (χ0n) is 16.2. The summed E-state index contributed by atoms with van der Waals surface area (Å²) in [6.07, 6.45) is 5.03. The van der Waals surface area contributed by atoms with Crippen molar-refractivity contribution in [1.82, 2.24) is 24.7 Å². The zero-order chi connectivity index (χ0) is 19.8. The predicted molar refractivity (Wildman–Crippen MR) is 108 cm³/mol. The second-order valence-electron chi connectivity index (χ2n) is 7.32. The van der Waals surface area contributed by atoms with Crippen LogP contribution >= 0.6 is 0 Å². The zero-order valence-corrected chi connectivity index (χ0v) is 16.2. The molecule has 7 nitrogen and oxygen atoms in total. The van der Waals surface area contributed by atoms with Crippen molar-refractivity contribution in [2.45, 2.75) is 26.2 Å². The molecule has 0 spiro atoms. The van der Waals surface area contributed by atoms with E-state index in [2.05, 4.69) is 15.3 Å². The lowest BCUT2D eigenvalue weighted by Gasteiger charge is -2.26. The van der Waals surface area contributed by atoms with Crippen molar-refractivity contribution in [3.8, 4) is 22.7 Å². The molecular weight excluding hydrogens is 366 g/mol. The number of benzene rings is 1. The molecule has 0 bridgehead atoms. The van der Waals surface area contributed by atoms with Gasteiger partial charge in [0.2, 0.25) is 11.8 Å². The van der Waals surface area contributed by atoms with Crippen LogP contribution < -0.4 is 0 Å². The number of piperidine rings is 1. The van der Waals surface area contributed by atoms with Gasteiger partial charge in [-0.2, -0.15) is 5.10 Å². The minimum Gasteiger partial charge on any atom is -0.421 e. The fourth-order valence-electron chi connectivity index (χ4n) is 3.86. The van der Waals surface area contributed by atoms with Gasteiger partial charge in [0.1, 0.15) is 0 Å². The van der Waals surface area contributed by atoms with Gasteiger partial charge in [-0.1, -0.05) is 18.2 Å². The average molecular weight is 387 g/mol. The molecule has 146 valence electrons. The number of pyridine rings is 1. The van der Waals surface area contributed by atoms with Crippen LogP contribution in [0.1, 0.15) is 35.5 Å². The average Bonchev–Trinajstić information content (AvgIpc) is 3.40. The number of likely N-dealkylation sites (tertiary alicyclic amines) is 1. The predicted octanol–water partition coefficient (Wildman–Crippen LogP) is 3.99. The number of fused-ring (bicyclic) bond motifs is 1.